The zero-order valence-electron chi connectivity index (χ0n) is 16.7. The van der Waals surface area contributed by atoms with E-state index in [2.05, 4.69) is 22.9 Å². The van der Waals surface area contributed by atoms with Gasteiger partial charge in [0, 0.05) is 14.2 Å². The maximum atomic E-state index is 5.27. The molecule has 0 amide bonds. The molecule has 0 fully saturated rings. The van der Waals surface area contributed by atoms with Crippen molar-refractivity contribution < 1.29 is 9.47 Å². The maximum absolute atomic E-state index is 5.27. The molecule has 0 spiro atoms. The van der Waals surface area contributed by atoms with Gasteiger partial charge in [0.25, 0.3) is 0 Å². The van der Waals surface area contributed by atoms with Gasteiger partial charge in [-0.15, -0.1) is 0 Å². The number of rotatable bonds is 19. The molecule has 146 valence electrons. The van der Waals surface area contributed by atoms with E-state index in [1.54, 1.807) is 14.2 Å². The summed E-state index contributed by atoms with van der Waals surface area (Å²) in [6, 6.07) is 0. The van der Waals surface area contributed by atoms with Crippen LogP contribution < -0.4 is 0 Å². The molecule has 2 nitrogen and oxygen atoms in total. The van der Waals surface area contributed by atoms with E-state index >= 15 is 0 Å². The van der Waals surface area contributed by atoms with E-state index in [1.807, 2.05) is 0 Å². The van der Waals surface area contributed by atoms with Gasteiger partial charge in [-0.05, 0) is 6.42 Å². The Morgan fingerprint density at radius 1 is 0.583 bits per heavy atom. The first-order valence-electron chi connectivity index (χ1n) is 10.5. The zero-order valence-corrected chi connectivity index (χ0v) is 18.2. The van der Waals surface area contributed by atoms with Crippen LogP contribution in [0.1, 0.15) is 110 Å². The number of hydrogen-bond acceptors (Lipinski definition) is 2. The highest BCUT2D eigenvalue weighted by atomic mass is 79.9. The van der Waals surface area contributed by atoms with Crippen LogP contribution in [0.4, 0.5) is 0 Å². The van der Waals surface area contributed by atoms with Gasteiger partial charge < -0.3 is 9.47 Å². The van der Waals surface area contributed by atoms with Crippen molar-refractivity contribution in [2.45, 2.75) is 121 Å². The van der Waals surface area contributed by atoms with Gasteiger partial charge in [0.1, 0.15) is 0 Å². The van der Waals surface area contributed by atoms with Crippen molar-refractivity contribution in [1.29, 1.82) is 0 Å². The lowest BCUT2D eigenvalue weighted by Gasteiger charge is -2.19. The molecule has 0 saturated heterocycles. The first kappa shape index (κ1) is 24.4. The molecule has 0 aromatic rings. The van der Waals surface area contributed by atoms with E-state index < -0.39 is 0 Å². The summed E-state index contributed by atoms with van der Waals surface area (Å²) in [4.78, 5) is 0.314. The van der Waals surface area contributed by atoms with E-state index in [1.165, 1.54) is 96.3 Å². The molecule has 0 radical (unpaired) electrons. The number of hydrogen-bond donors (Lipinski definition) is 0. The summed E-state index contributed by atoms with van der Waals surface area (Å²) in [6.45, 7) is 2.29. The van der Waals surface area contributed by atoms with E-state index in [0.29, 0.717) is 4.83 Å². The van der Waals surface area contributed by atoms with Crippen molar-refractivity contribution in [1.82, 2.24) is 0 Å². The second kappa shape index (κ2) is 19.7. The van der Waals surface area contributed by atoms with Gasteiger partial charge in [-0.3, -0.25) is 0 Å². The predicted octanol–water partition coefficient (Wildman–Crippen LogP) is 7.63. The predicted molar refractivity (Wildman–Crippen MR) is 110 cm³/mol. The molecule has 1 atom stereocenters. The van der Waals surface area contributed by atoms with Crippen molar-refractivity contribution >= 4 is 15.9 Å². The van der Waals surface area contributed by atoms with Crippen LogP contribution in [0.15, 0.2) is 0 Å². The van der Waals surface area contributed by atoms with Crippen LogP contribution in [0, 0.1) is 0 Å². The molecule has 0 aromatic heterocycles. The molecular formula is C21H43BrO2. The Kier molecular flexibility index (Phi) is 20.0. The summed E-state index contributed by atoms with van der Waals surface area (Å²) in [7, 11) is 3.41. The largest absolute Gasteiger partial charge is 0.355 e. The molecular weight excluding hydrogens is 364 g/mol. The SMILES string of the molecule is CCCCCCCCCCCCCCCCCC(Br)C(OC)OC. The van der Waals surface area contributed by atoms with Crippen LogP contribution in [0.2, 0.25) is 0 Å². The topological polar surface area (TPSA) is 18.5 Å². The third-order valence-corrected chi connectivity index (χ3v) is 5.73. The Balaban J connectivity index is 3.15. The van der Waals surface area contributed by atoms with E-state index in [4.69, 9.17) is 9.47 Å². The van der Waals surface area contributed by atoms with Crippen LogP contribution in [0.3, 0.4) is 0 Å². The fourth-order valence-electron chi connectivity index (χ4n) is 3.24. The van der Waals surface area contributed by atoms with Gasteiger partial charge in [-0.1, -0.05) is 119 Å². The fraction of sp³-hybridized carbons (Fsp3) is 1.00. The summed E-state index contributed by atoms with van der Waals surface area (Å²) in [5.74, 6) is 0. The molecule has 0 heterocycles. The van der Waals surface area contributed by atoms with Crippen LogP contribution in [-0.2, 0) is 9.47 Å². The average molecular weight is 407 g/mol. The molecule has 0 saturated carbocycles. The van der Waals surface area contributed by atoms with Gasteiger partial charge in [-0.25, -0.2) is 0 Å². The van der Waals surface area contributed by atoms with Crippen molar-refractivity contribution in [2.24, 2.45) is 0 Å². The maximum Gasteiger partial charge on any atom is 0.169 e. The van der Waals surface area contributed by atoms with E-state index in [0.717, 1.165) is 6.42 Å². The highest BCUT2D eigenvalue weighted by molar-refractivity contribution is 9.09. The molecule has 0 aliphatic rings. The summed E-state index contributed by atoms with van der Waals surface area (Å²) < 4.78 is 10.5. The second-order valence-corrected chi connectivity index (χ2v) is 8.27. The normalized spacial score (nSPS) is 12.9. The van der Waals surface area contributed by atoms with Gasteiger partial charge in [0.05, 0.1) is 4.83 Å². The average Bonchev–Trinajstić information content (AvgIpc) is 2.59. The second-order valence-electron chi connectivity index (χ2n) is 7.09. The number of alkyl halides is 1. The molecule has 0 rings (SSSR count). The number of ether oxygens (including phenoxy) is 2. The summed E-state index contributed by atoms with van der Waals surface area (Å²) in [6.07, 6.45) is 22.2. The molecule has 3 heteroatoms. The molecule has 0 bridgehead atoms. The van der Waals surface area contributed by atoms with Crippen molar-refractivity contribution in [3.05, 3.63) is 0 Å². The minimum absolute atomic E-state index is 0.114. The Morgan fingerprint density at radius 3 is 1.25 bits per heavy atom. The van der Waals surface area contributed by atoms with Crippen molar-refractivity contribution in [3.63, 3.8) is 0 Å². The first-order chi connectivity index (χ1) is 11.8. The number of methoxy groups -OCH3 is 2. The Morgan fingerprint density at radius 2 is 0.917 bits per heavy atom. The Bertz CT molecular complexity index is 232. The van der Waals surface area contributed by atoms with Crippen LogP contribution in [0.25, 0.3) is 0 Å². The van der Waals surface area contributed by atoms with Crippen LogP contribution >= 0.6 is 15.9 Å². The fourth-order valence-corrected chi connectivity index (χ4v) is 3.99. The van der Waals surface area contributed by atoms with E-state index in [-0.39, 0.29) is 6.29 Å². The van der Waals surface area contributed by atoms with Gasteiger partial charge in [-0.2, -0.15) is 0 Å². The monoisotopic (exact) mass is 406 g/mol. The number of halogens is 1. The van der Waals surface area contributed by atoms with Crippen LogP contribution in [-0.4, -0.2) is 25.3 Å². The third-order valence-electron chi connectivity index (χ3n) is 4.84. The summed E-state index contributed by atoms with van der Waals surface area (Å²) in [5, 5.41) is 0. The first-order valence-corrected chi connectivity index (χ1v) is 11.4. The quantitative estimate of drug-likeness (QED) is 0.124. The molecule has 0 aliphatic carbocycles. The lowest BCUT2D eigenvalue weighted by atomic mass is 10.0. The standard InChI is InChI=1S/C21H43BrO2/c1-4-5-6-7-8-9-10-11-12-13-14-15-16-17-18-19-20(22)21(23-2)24-3/h20-21H,4-19H2,1-3H3. The van der Waals surface area contributed by atoms with Crippen molar-refractivity contribution in [3.8, 4) is 0 Å². The van der Waals surface area contributed by atoms with Crippen LogP contribution in [0.5, 0.6) is 0 Å². The van der Waals surface area contributed by atoms with Crippen molar-refractivity contribution in [2.75, 3.05) is 14.2 Å². The highest BCUT2D eigenvalue weighted by Crippen LogP contribution is 2.19. The van der Waals surface area contributed by atoms with Gasteiger partial charge in [0.2, 0.25) is 0 Å². The number of unbranched alkanes of at least 4 members (excludes halogenated alkanes) is 14. The Hall–Kier alpha value is 0.400. The van der Waals surface area contributed by atoms with E-state index in [9.17, 15) is 0 Å². The van der Waals surface area contributed by atoms with Gasteiger partial charge >= 0.3 is 0 Å². The third kappa shape index (κ3) is 15.9. The zero-order chi connectivity index (χ0) is 17.9. The lowest BCUT2D eigenvalue weighted by Crippen LogP contribution is -2.24. The minimum atomic E-state index is -0.114. The lowest BCUT2D eigenvalue weighted by molar-refractivity contribution is -0.101. The Labute approximate surface area is 160 Å². The molecule has 0 N–H and O–H groups in total. The molecule has 0 aliphatic heterocycles. The smallest absolute Gasteiger partial charge is 0.169 e. The molecule has 0 aromatic carbocycles. The molecule has 24 heavy (non-hydrogen) atoms. The van der Waals surface area contributed by atoms with Gasteiger partial charge in [0.15, 0.2) is 6.29 Å². The minimum Gasteiger partial charge on any atom is -0.355 e. The summed E-state index contributed by atoms with van der Waals surface area (Å²) >= 11 is 3.66. The highest BCUT2D eigenvalue weighted by Gasteiger charge is 2.16. The summed E-state index contributed by atoms with van der Waals surface area (Å²) in [5.41, 5.74) is 0. The molecule has 1 unspecified atom stereocenters.